The molecule has 0 rings (SSSR count). The number of hydrogen-bond donors (Lipinski definition) is 0. The molecule has 0 aliphatic rings. The van der Waals surface area contributed by atoms with Crippen molar-refractivity contribution in [2.45, 2.75) is 0 Å². The van der Waals surface area contributed by atoms with Crippen LogP contribution in [0.25, 0.3) is 0 Å². The van der Waals surface area contributed by atoms with Crippen LogP contribution in [0, 0.1) is 0 Å². The van der Waals surface area contributed by atoms with Gasteiger partial charge in [0.05, 0.1) is 0 Å². The van der Waals surface area contributed by atoms with Gasteiger partial charge in [0.2, 0.25) is 0 Å². The molecule has 0 bridgehead atoms. The van der Waals surface area contributed by atoms with E-state index in [0.717, 1.165) is 0 Å². The van der Waals surface area contributed by atoms with Crippen LogP contribution in [0.1, 0.15) is 0 Å². The minimum Gasteiger partial charge on any atom is 0 e. The van der Waals surface area contributed by atoms with E-state index in [1.54, 1.807) is 0 Å². The van der Waals surface area contributed by atoms with Gasteiger partial charge in [0.1, 0.15) is 0 Å². The monoisotopic (exact) mass is 175 g/mol. The van der Waals surface area contributed by atoms with Crippen LogP contribution < -0.4 is 0 Å². The first-order chi connectivity index (χ1) is 1.73. The number of hydrogen-bond acceptors (Lipinski definition) is 0. The summed E-state index contributed by atoms with van der Waals surface area (Å²) in [5.41, 5.74) is 0. The van der Waals surface area contributed by atoms with Crippen LogP contribution in [0.5, 0.6) is 0 Å². The second kappa shape index (κ2) is 5.61. The molecule has 0 spiro atoms. The minimum absolute atomic E-state index is 0. The van der Waals surface area contributed by atoms with Gasteiger partial charge in [0.15, 0.2) is 0 Å². The van der Waals surface area contributed by atoms with Gasteiger partial charge in [-0.3, -0.25) is 0 Å². The quantitative estimate of drug-likeness (QED) is 0.408. The van der Waals surface area contributed by atoms with Gasteiger partial charge < -0.3 is 0 Å². The molecule has 0 aromatic carbocycles. The second-order valence-corrected chi connectivity index (χ2v) is 1.68. The molecule has 0 atom stereocenters. The molecule has 0 aliphatic carbocycles. The Morgan fingerprint density at radius 3 is 1.00 bits per heavy atom. The van der Waals surface area contributed by atoms with E-state index >= 15 is 0 Å². The molecule has 5 heavy (non-hydrogen) atoms. The average Bonchev–Trinajstić information content (AvgIpc) is 0.811. The third kappa shape index (κ3) is 28.2. The first-order valence-corrected chi connectivity index (χ1v) is 2.92. The summed E-state index contributed by atoms with van der Waals surface area (Å²) >= 11 is -1.54. The van der Waals surface area contributed by atoms with Crippen LogP contribution in [0.15, 0.2) is 0 Å². The van der Waals surface area contributed by atoms with Crippen molar-refractivity contribution in [3.63, 3.8) is 0 Å². The first-order valence-electron chi connectivity index (χ1n) is 0.707. The van der Waals surface area contributed by atoms with Crippen LogP contribution in [-0.4, -0.2) is 18.0 Å². The molecule has 0 aliphatic heterocycles. The molecule has 0 heterocycles. The Morgan fingerprint density at radius 2 is 1.00 bits per heavy atom. The van der Waals surface area contributed by atoms with Gasteiger partial charge in [-0.1, -0.05) is 0 Å². The molecule has 19 valence electrons. The fourth-order valence-corrected chi connectivity index (χ4v) is 0. The zero-order valence-electron chi connectivity index (χ0n) is 2.64. The summed E-state index contributed by atoms with van der Waals surface area (Å²) in [7, 11) is 0. The molecule has 0 N–H and O–H groups in total. The molecule has 0 aromatic rings. The van der Waals surface area contributed by atoms with Crippen LogP contribution in [0.4, 0.5) is 0 Å². The zero-order chi connectivity index (χ0) is 3.58. The Kier molecular flexibility index (Phi) is 11.0. The molecular weight excluding hydrogens is 176 g/mol. The second-order valence-electron chi connectivity index (χ2n) is 0.408. The maximum Gasteiger partial charge on any atom is 0 e. The largest absolute Gasteiger partial charge is 0 e. The van der Waals surface area contributed by atoms with Crippen molar-refractivity contribution in [2.24, 2.45) is 0 Å². The van der Waals surface area contributed by atoms with E-state index in [4.69, 9.17) is 18.0 Å². The van der Waals surface area contributed by atoms with Crippen molar-refractivity contribution in [3.8, 4) is 0 Å². The SMILES string of the molecule is [B]#[Cr](#[B])#[B].[Zr]. The van der Waals surface area contributed by atoms with E-state index in [9.17, 15) is 0 Å². The summed E-state index contributed by atoms with van der Waals surface area (Å²) in [4.78, 5) is 0. The van der Waals surface area contributed by atoms with Gasteiger partial charge in [-0.15, -0.1) is 0 Å². The molecule has 0 nitrogen and oxygen atoms in total. The molecule has 0 saturated heterocycles. The molecule has 0 radical (unpaired) electrons. The van der Waals surface area contributed by atoms with E-state index in [1.807, 2.05) is 0 Å². The topological polar surface area (TPSA) is 0 Å². The maximum absolute atomic E-state index is 4.79. The summed E-state index contributed by atoms with van der Waals surface area (Å²) in [6.07, 6.45) is 0. The van der Waals surface area contributed by atoms with Gasteiger partial charge >= 0.3 is 29.7 Å². The molecule has 0 saturated carbocycles. The molecule has 0 unspecified atom stereocenters. The molecule has 0 fully saturated rings. The van der Waals surface area contributed by atoms with Crippen molar-refractivity contribution in [2.75, 3.05) is 0 Å². The van der Waals surface area contributed by atoms with E-state index in [2.05, 4.69) is 0 Å². The van der Waals surface area contributed by atoms with Crippen LogP contribution in [0.2, 0.25) is 0 Å². The standard InChI is InChI=1S/3B.Cr.Zr. The summed E-state index contributed by atoms with van der Waals surface area (Å²) in [5, 5.41) is 0. The van der Waals surface area contributed by atoms with Crippen molar-refractivity contribution in [3.05, 3.63) is 0 Å². The molecule has 0 aromatic heterocycles. The molecule has 5 heteroatoms. The molecule has 0 amide bonds. The minimum atomic E-state index is -1.54. The van der Waals surface area contributed by atoms with Crippen LogP contribution in [0.3, 0.4) is 0 Å². The van der Waals surface area contributed by atoms with Crippen molar-refractivity contribution in [1.29, 1.82) is 0 Å². The Balaban J connectivity index is 0. The third-order valence-electron chi connectivity index (χ3n) is 0. The predicted molar refractivity (Wildman–Crippen MR) is 17.3 cm³/mol. The smallest absolute Gasteiger partial charge is 0 e. The summed E-state index contributed by atoms with van der Waals surface area (Å²) in [5.74, 6) is 14.4. The average molecular weight is 176 g/mol. The van der Waals surface area contributed by atoms with Crippen LogP contribution >= 0.6 is 0 Å². The van der Waals surface area contributed by atoms with Gasteiger partial charge in [0.25, 0.3) is 0 Å². The van der Waals surface area contributed by atoms with Gasteiger partial charge in [0, 0.05) is 26.2 Å². The van der Waals surface area contributed by atoms with Crippen molar-refractivity contribution < 1.29 is 37.9 Å². The fraction of sp³-hybridized carbons (Fsp3) is 0. The van der Waals surface area contributed by atoms with Gasteiger partial charge in [-0.05, 0) is 0 Å². The third-order valence-corrected chi connectivity index (χ3v) is 0. The normalized spacial score (nSPS) is 4.20. The van der Waals surface area contributed by atoms with E-state index < -0.39 is 11.7 Å². The number of rotatable bonds is 0. The summed E-state index contributed by atoms with van der Waals surface area (Å²) < 4.78 is 0. The van der Waals surface area contributed by atoms with E-state index in [-0.39, 0.29) is 26.2 Å². The predicted octanol–water partition coefficient (Wildman–Crippen LogP) is -1.15. The Labute approximate surface area is 55.5 Å². The van der Waals surface area contributed by atoms with E-state index in [1.165, 1.54) is 0 Å². The molecular formula is B3CrZr. The van der Waals surface area contributed by atoms with E-state index in [0.29, 0.717) is 0 Å². The zero-order valence-corrected chi connectivity index (χ0v) is 6.37. The summed E-state index contributed by atoms with van der Waals surface area (Å²) in [6.45, 7) is 0. The Morgan fingerprint density at radius 1 is 1.00 bits per heavy atom. The fourth-order valence-electron chi connectivity index (χ4n) is 0. The van der Waals surface area contributed by atoms with Gasteiger partial charge in [-0.2, -0.15) is 0 Å². The van der Waals surface area contributed by atoms with Crippen molar-refractivity contribution >= 4 is 18.0 Å². The Hall–Kier alpha value is 1.61. The van der Waals surface area contributed by atoms with Crippen molar-refractivity contribution in [1.82, 2.24) is 0 Å². The maximum atomic E-state index is 4.79. The first kappa shape index (κ1) is 9.79. The van der Waals surface area contributed by atoms with Gasteiger partial charge in [-0.25, -0.2) is 0 Å². The van der Waals surface area contributed by atoms with Crippen LogP contribution in [-0.2, 0) is 37.9 Å². The Bertz CT molecular complexity index is 222. The summed E-state index contributed by atoms with van der Waals surface area (Å²) in [6, 6.07) is 0.